The highest BCUT2D eigenvalue weighted by Crippen LogP contribution is 2.33. The molecule has 1 aliphatic heterocycles. The molecule has 2 aromatic heterocycles. The van der Waals surface area contributed by atoms with Crippen LogP contribution < -0.4 is 4.90 Å². The number of carbonyl (C=O) groups excluding carboxylic acids is 1. The topological polar surface area (TPSA) is 52.2 Å². The molecule has 1 N–H and O–H groups in total. The summed E-state index contributed by atoms with van der Waals surface area (Å²) in [6.07, 6.45) is 4.03. The van der Waals surface area contributed by atoms with Gasteiger partial charge in [-0.1, -0.05) is 23.8 Å². The number of anilines is 1. The van der Waals surface area contributed by atoms with E-state index in [4.69, 9.17) is 0 Å². The molecule has 5 heteroatoms. The lowest BCUT2D eigenvalue weighted by molar-refractivity contribution is -0.132. The third-order valence-electron chi connectivity index (χ3n) is 5.70. The van der Waals surface area contributed by atoms with E-state index in [2.05, 4.69) is 58.2 Å². The number of amides is 1. The number of nitrogens with zero attached hydrogens (tertiary/aromatic N) is 3. The van der Waals surface area contributed by atoms with Gasteiger partial charge >= 0.3 is 0 Å². The fraction of sp³-hybridized carbons (Fsp3) is 0.364. The van der Waals surface area contributed by atoms with E-state index in [1.165, 1.54) is 16.8 Å². The summed E-state index contributed by atoms with van der Waals surface area (Å²) in [6.45, 7) is 5.49. The standard InChI is InChI=1S/C22H24N4O/c1-15-3-2-4-17(13-15)19-14-18-20(7-8-23-21(18)24-19)25-9-11-26(12-10-25)22(27)16-5-6-16/h2-4,7-8,13-14,16H,5-6,9-12H2,1H3,(H,23,24). The van der Waals surface area contributed by atoms with Crippen LogP contribution in [0.2, 0.25) is 0 Å². The molecule has 5 rings (SSSR count). The van der Waals surface area contributed by atoms with Gasteiger partial charge in [-0.05, 0) is 43.5 Å². The summed E-state index contributed by atoms with van der Waals surface area (Å²) in [5.74, 6) is 0.670. The normalized spacial score (nSPS) is 17.5. The molecule has 138 valence electrons. The number of carbonyl (C=O) groups is 1. The lowest BCUT2D eigenvalue weighted by Gasteiger charge is -2.36. The molecule has 0 bridgehead atoms. The van der Waals surface area contributed by atoms with Gasteiger partial charge in [0.1, 0.15) is 5.65 Å². The predicted octanol–water partition coefficient (Wildman–Crippen LogP) is 3.60. The van der Waals surface area contributed by atoms with Crippen LogP contribution >= 0.6 is 0 Å². The van der Waals surface area contributed by atoms with Crippen LogP contribution in [0.5, 0.6) is 0 Å². The molecule has 0 radical (unpaired) electrons. The molecule has 0 atom stereocenters. The second kappa shape index (κ2) is 6.41. The second-order valence-electron chi connectivity index (χ2n) is 7.73. The molecular formula is C22H24N4O. The van der Waals surface area contributed by atoms with Gasteiger partial charge in [0.15, 0.2) is 0 Å². The van der Waals surface area contributed by atoms with Crippen LogP contribution in [-0.2, 0) is 4.79 Å². The van der Waals surface area contributed by atoms with Gasteiger partial charge in [-0.3, -0.25) is 4.79 Å². The number of benzene rings is 1. The van der Waals surface area contributed by atoms with Crippen LogP contribution in [0, 0.1) is 12.8 Å². The highest BCUT2D eigenvalue weighted by molar-refractivity contribution is 5.94. The predicted molar refractivity (Wildman–Crippen MR) is 108 cm³/mol. The summed E-state index contributed by atoms with van der Waals surface area (Å²) in [4.78, 5) is 24.7. The zero-order chi connectivity index (χ0) is 18.4. The van der Waals surface area contributed by atoms with Crippen molar-refractivity contribution in [3.05, 3.63) is 48.2 Å². The van der Waals surface area contributed by atoms with Crippen molar-refractivity contribution in [2.24, 2.45) is 5.92 Å². The number of piperazine rings is 1. The molecule has 1 amide bonds. The summed E-state index contributed by atoms with van der Waals surface area (Å²) >= 11 is 0. The summed E-state index contributed by atoms with van der Waals surface area (Å²) < 4.78 is 0. The molecule has 3 heterocycles. The third kappa shape index (κ3) is 3.07. The second-order valence-corrected chi connectivity index (χ2v) is 7.73. The van der Waals surface area contributed by atoms with E-state index in [1.807, 2.05) is 11.1 Å². The molecule has 1 aliphatic carbocycles. The zero-order valence-electron chi connectivity index (χ0n) is 15.6. The van der Waals surface area contributed by atoms with Crippen molar-refractivity contribution in [2.45, 2.75) is 19.8 Å². The van der Waals surface area contributed by atoms with Gasteiger partial charge in [-0.25, -0.2) is 4.98 Å². The molecule has 1 saturated heterocycles. The number of H-pyrrole nitrogens is 1. The number of rotatable bonds is 3. The van der Waals surface area contributed by atoms with Gasteiger partial charge in [-0.2, -0.15) is 0 Å². The van der Waals surface area contributed by atoms with E-state index in [0.29, 0.717) is 11.8 Å². The third-order valence-corrected chi connectivity index (χ3v) is 5.70. The van der Waals surface area contributed by atoms with Crippen molar-refractivity contribution in [3.8, 4) is 11.3 Å². The smallest absolute Gasteiger partial charge is 0.225 e. The van der Waals surface area contributed by atoms with Crippen LogP contribution in [0.3, 0.4) is 0 Å². The van der Waals surface area contributed by atoms with E-state index >= 15 is 0 Å². The minimum absolute atomic E-state index is 0.311. The number of hydrogen-bond donors (Lipinski definition) is 1. The van der Waals surface area contributed by atoms with E-state index in [9.17, 15) is 4.79 Å². The Morgan fingerprint density at radius 2 is 1.93 bits per heavy atom. The number of fused-ring (bicyclic) bond motifs is 1. The van der Waals surface area contributed by atoms with Crippen LogP contribution in [0.4, 0.5) is 5.69 Å². The van der Waals surface area contributed by atoms with Crippen LogP contribution in [0.25, 0.3) is 22.3 Å². The summed E-state index contributed by atoms with van der Waals surface area (Å²) in [6, 6.07) is 12.8. The van der Waals surface area contributed by atoms with Crippen molar-refractivity contribution >= 4 is 22.6 Å². The van der Waals surface area contributed by atoms with Crippen LogP contribution in [0.15, 0.2) is 42.6 Å². The first-order chi connectivity index (χ1) is 13.2. The first kappa shape index (κ1) is 16.4. The van der Waals surface area contributed by atoms with E-state index < -0.39 is 0 Å². The Bertz CT molecular complexity index is 996. The Morgan fingerprint density at radius 3 is 2.67 bits per heavy atom. The molecule has 0 spiro atoms. The largest absolute Gasteiger partial charge is 0.367 e. The number of aryl methyl sites for hydroxylation is 1. The minimum Gasteiger partial charge on any atom is -0.367 e. The highest BCUT2D eigenvalue weighted by Gasteiger charge is 2.34. The molecule has 1 saturated carbocycles. The van der Waals surface area contributed by atoms with Gasteiger partial charge in [0.05, 0.1) is 0 Å². The van der Waals surface area contributed by atoms with Crippen molar-refractivity contribution in [1.82, 2.24) is 14.9 Å². The van der Waals surface area contributed by atoms with Crippen molar-refractivity contribution < 1.29 is 4.79 Å². The van der Waals surface area contributed by atoms with Gasteiger partial charge in [-0.15, -0.1) is 0 Å². The maximum absolute atomic E-state index is 12.3. The average Bonchev–Trinajstić information content (AvgIpc) is 3.45. The number of aromatic amines is 1. The number of nitrogens with one attached hydrogen (secondary N) is 1. The molecule has 1 aromatic carbocycles. The van der Waals surface area contributed by atoms with Crippen LogP contribution in [-0.4, -0.2) is 47.0 Å². The maximum atomic E-state index is 12.3. The fourth-order valence-corrected chi connectivity index (χ4v) is 4.01. The van der Waals surface area contributed by atoms with Gasteiger partial charge in [0, 0.05) is 55.1 Å². The maximum Gasteiger partial charge on any atom is 0.225 e. The summed E-state index contributed by atoms with van der Waals surface area (Å²) in [7, 11) is 0. The van der Waals surface area contributed by atoms with Gasteiger partial charge in [0.25, 0.3) is 0 Å². The lowest BCUT2D eigenvalue weighted by atomic mass is 10.1. The monoisotopic (exact) mass is 360 g/mol. The summed E-state index contributed by atoms with van der Waals surface area (Å²) in [5.41, 5.74) is 5.64. The first-order valence-corrected chi connectivity index (χ1v) is 9.77. The Labute approximate surface area is 159 Å². The number of pyridine rings is 1. The number of hydrogen-bond acceptors (Lipinski definition) is 3. The van der Waals surface area contributed by atoms with Gasteiger partial charge < -0.3 is 14.8 Å². The van der Waals surface area contributed by atoms with E-state index in [1.54, 1.807) is 0 Å². The molecule has 3 aromatic rings. The van der Waals surface area contributed by atoms with Gasteiger partial charge in [0.2, 0.25) is 5.91 Å². The molecule has 2 aliphatic rings. The Balaban J connectivity index is 1.41. The average molecular weight is 360 g/mol. The Morgan fingerprint density at radius 1 is 1.11 bits per heavy atom. The first-order valence-electron chi connectivity index (χ1n) is 9.77. The Kier molecular flexibility index (Phi) is 3.88. The lowest BCUT2D eigenvalue weighted by Crippen LogP contribution is -2.49. The molecule has 5 nitrogen and oxygen atoms in total. The van der Waals surface area contributed by atoms with Crippen molar-refractivity contribution in [3.63, 3.8) is 0 Å². The Hall–Kier alpha value is -2.82. The fourth-order valence-electron chi connectivity index (χ4n) is 4.01. The van der Waals surface area contributed by atoms with Crippen LogP contribution in [0.1, 0.15) is 18.4 Å². The van der Waals surface area contributed by atoms with E-state index in [-0.39, 0.29) is 0 Å². The van der Waals surface area contributed by atoms with E-state index in [0.717, 1.165) is 55.7 Å². The zero-order valence-corrected chi connectivity index (χ0v) is 15.6. The minimum atomic E-state index is 0.311. The molecule has 0 unspecified atom stereocenters. The number of aromatic nitrogens is 2. The highest BCUT2D eigenvalue weighted by atomic mass is 16.2. The van der Waals surface area contributed by atoms with Crippen molar-refractivity contribution in [2.75, 3.05) is 31.1 Å². The molecular weight excluding hydrogens is 336 g/mol. The quantitative estimate of drug-likeness (QED) is 0.776. The molecule has 27 heavy (non-hydrogen) atoms. The SMILES string of the molecule is Cc1cccc(-c2cc3c(N4CCN(C(=O)C5CC5)CC4)ccnc3[nH]2)c1. The molecule has 2 fully saturated rings. The summed E-state index contributed by atoms with van der Waals surface area (Å²) in [5, 5.41) is 1.15. The van der Waals surface area contributed by atoms with Crippen molar-refractivity contribution in [1.29, 1.82) is 0 Å².